The number of rotatable bonds is 11. The minimum Gasteiger partial charge on any atom is -0.398 e. The van der Waals surface area contributed by atoms with Crippen LogP contribution in [0.25, 0.3) is 89.2 Å². The summed E-state index contributed by atoms with van der Waals surface area (Å²) >= 11 is 1.27. The van der Waals surface area contributed by atoms with E-state index >= 15 is 0 Å². The van der Waals surface area contributed by atoms with Gasteiger partial charge in [-0.05, 0) is 57.3 Å². The molecule has 8 bridgehead atoms. The van der Waals surface area contributed by atoms with E-state index in [0.717, 1.165) is 24.3 Å². The summed E-state index contributed by atoms with van der Waals surface area (Å²) in [5, 5.41) is 27.0. The van der Waals surface area contributed by atoms with E-state index in [-0.39, 0.29) is 94.9 Å². The quantitative estimate of drug-likeness (QED) is 0.0140. The molecule has 2 aliphatic heterocycles. The van der Waals surface area contributed by atoms with Gasteiger partial charge in [0.1, 0.15) is 9.79 Å². The molecular formula is C40H24CuN8O14S5. The van der Waals surface area contributed by atoms with Gasteiger partial charge < -0.3 is 5.73 Å². The van der Waals surface area contributed by atoms with Gasteiger partial charge in [0.15, 0.2) is 23.3 Å². The van der Waals surface area contributed by atoms with Crippen LogP contribution in [0, 0.1) is 0 Å². The second kappa shape index (κ2) is 17.8. The summed E-state index contributed by atoms with van der Waals surface area (Å²) in [5.74, 6) is -0.225. The van der Waals surface area contributed by atoms with E-state index in [9.17, 15) is 34.4 Å². The fourth-order valence-electron chi connectivity index (χ4n) is 7.79. The molecular weight excluding hydrogens is 1040 g/mol. The molecule has 1 aromatic heterocycles. The van der Waals surface area contributed by atoms with Crippen molar-refractivity contribution in [3.63, 3.8) is 0 Å². The Morgan fingerprint density at radius 3 is 1.66 bits per heavy atom. The number of benzene rings is 5. The number of nitrogen functional groups attached to an aromatic ring is 1. The monoisotopic (exact) mass is 1060 g/mol. The Bertz CT molecular complexity index is 3950. The predicted octanol–water partition coefficient (Wildman–Crippen LogP) is 7.38. The van der Waals surface area contributed by atoms with Crippen LogP contribution in [0.15, 0.2) is 128 Å². The third kappa shape index (κ3) is 8.35. The zero-order chi connectivity index (χ0) is 47.0. The van der Waals surface area contributed by atoms with Crippen LogP contribution in [0.5, 0.6) is 0 Å². The molecule has 0 saturated heterocycles. The molecule has 0 spiro atoms. The Kier molecular flexibility index (Phi) is 12.3. The van der Waals surface area contributed by atoms with Gasteiger partial charge in [0.2, 0.25) is 10.0 Å². The van der Waals surface area contributed by atoms with Crippen LogP contribution in [0.3, 0.4) is 0 Å². The minimum atomic E-state index is -4.93. The van der Waals surface area contributed by atoms with Crippen LogP contribution in [0.4, 0.5) is 11.4 Å². The van der Waals surface area contributed by atoms with Gasteiger partial charge in [0, 0.05) is 21.6 Å². The second-order valence-electron chi connectivity index (χ2n) is 14.3. The summed E-state index contributed by atoms with van der Waals surface area (Å²) in [7, 11) is -14.3. The normalized spacial score (nSPS) is 12.5. The molecule has 22 nitrogen and oxygen atoms in total. The standard InChI is InChI=1S/C40H24N8O14S5.Cu/c41-23-15-18(13-14-30(23)66(53,54)55)48-65(51,52)31-11-3-6-20-25-17-27(34(20)31)45-37-21-7-2-10-29(64-62-60-50)35(21)39(46-37)42-24-16-26(33-19(24)5-1-9-28(33)63-61-59-49)44-38-22-8-4-12-32(67(56,57)58)36(22)40(43-25)47-38;/h1-17,48-50H,41H2,(H,53,54,55)(H,56,57,58);/q-2;+2. The van der Waals surface area contributed by atoms with Crippen molar-refractivity contribution in [1.29, 1.82) is 0 Å². The van der Waals surface area contributed by atoms with E-state index in [1.165, 1.54) is 36.4 Å². The van der Waals surface area contributed by atoms with Gasteiger partial charge in [0.05, 0.1) is 45.9 Å². The van der Waals surface area contributed by atoms with Gasteiger partial charge in [-0.1, -0.05) is 58.6 Å². The Hall–Kier alpha value is -6.05. The molecule has 0 amide bonds. The van der Waals surface area contributed by atoms with Gasteiger partial charge in [-0.25, -0.2) is 28.9 Å². The second-order valence-corrected chi connectivity index (χ2v) is 20.2. The maximum Gasteiger partial charge on any atom is 2.00 e. The molecule has 3 heterocycles. The first-order valence-corrected chi connectivity index (χ1v) is 24.6. The van der Waals surface area contributed by atoms with Gasteiger partial charge >= 0.3 is 17.1 Å². The molecule has 7 aromatic carbocycles. The molecule has 28 heteroatoms. The number of sulfonamides is 1. The number of aromatic nitrogens is 6. The first kappa shape index (κ1) is 47.0. The fraction of sp³-hybridized carbons (Fsp3) is 0. The van der Waals surface area contributed by atoms with Gasteiger partial charge in [-0.3, -0.25) is 33.8 Å². The van der Waals surface area contributed by atoms with Crippen LogP contribution < -0.4 is 10.5 Å². The molecule has 349 valence electrons. The van der Waals surface area contributed by atoms with Crippen molar-refractivity contribution >= 4 is 109 Å². The van der Waals surface area contributed by atoms with Crippen molar-refractivity contribution in [2.24, 2.45) is 0 Å². The van der Waals surface area contributed by atoms with Gasteiger partial charge in [0.25, 0.3) is 20.2 Å². The predicted molar refractivity (Wildman–Crippen MR) is 241 cm³/mol. The van der Waals surface area contributed by atoms with E-state index < -0.39 is 45.7 Å². The topological polar surface area (TPSA) is 336 Å². The Balaban J connectivity index is 0.00000578. The number of nitrogens with one attached hydrogen (secondary N) is 1. The summed E-state index contributed by atoms with van der Waals surface area (Å²) in [5.41, 5.74) is 6.51. The van der Waals surface area contributed by atoms with Crippen LogP contribution >= 0.6 is 24.1 Å². The summed E-state index contributed by atoms with van der Waals surface area (Å²) in [6.07, 6.45) is 0. The van der Waals surface area contributed by atoms with Crippen molar-refractivity contribution < 1.29 is 80.7 Å². The van der Waals surface area contributed by atoms with Crippen LogP contribution in [0.1, 0.15) is 0 Å². The Morgan fingerprint density at radius 2 is 1.04 bits per heavy atom. The summed E-state index contributed by atoms with van der Waals surface area (Å²) in [6, 6.07) is 24.3. The fourth-order valence-corrected chi connectivity index (χ4v) is 11.4. The van der Waals surface area contributed by atoms with Crippen molar-refractivity contribution in [1.82, 2.24) is 29.9 Å². The van der Waals surface area contributed by atoms with E-state index in [4.69, 9.17) is 49.8 Å². The van der Waals surface area contributed by atoms with Crippen molar-refractivity contribution in [2.75, 3.05) is 10.5 Å². The Labute approximate surface area is 401 Å². The average Bonchev–Trinajstić information content (AvgIpc) is 4.02. The van der Waals surface area contributed by atoms with Crippen molar-refractivity contribution in [3.8, 4) is 45.6 Å². The summed E-state index contributed by atoms with van der Waals surface area (Å²) in [4.78, 5) is 28.2. The van der Waals surface area contributed by atoms with Crippen molar-refractivity contribution in [3.05, 3.63) is 103 Å². The number of hydrogen-bond donors (Lipinski definition) is 6. The molecule has 0 atom stereocenters. The summed E-state index contributed by atoms with van der Waals surface area (Å²) < 4.78 is 110. The SMILES string of the molecule is Nc1cc(NS(=O)(=O)c2cccc3c4[cH-]c(nc5nc(nc6[cH-]c(nc7nc(n4)-c4c-7cccc4S(=O)(=O)O)c4c(SOOO)cccc64)-c4c(SOOO)cccc4-5)c23)ccc1S(=O)(=O)O.[Cu+2]. The van der Waals surface area contributed by atoms with E-state index in [0.29, 0.717) is 55.8 Å². The van der Waals surface area contributed by atoms with Crippen LogP contribution in [-0.4, -0.2) is 74.8 Å². The van der Waals surface area contributed by atoms with E-state index in [1.807, 2.05) is 0 Å². The summed E-state index contributed by atoms with van der Waals surface area (Å²) in [6.45, 7) is 0. The first-order chi connectivity index (χ1) is 32.0. The van der Waals surface area contributed by atoms with Crippen LogP contribution in [-0.2, 0) is 66.1 Å². The molecule has 0 aliphatic carbocycles. The molecule has 68 heavy (non-hydrogen) atoms. The molecule has 0 unspecified atom stereocenters. The van der Waals surface area contributed by atoms with Gasteiger partial charge in [-0.2, -0.15) is 16.8 Å². The average molecular weight is 1060 g/mol. The number of fused-ring (bicyclic) bond motifs is 20. The molecule has 2 aliphatic rings. The number of hydrogen-bond acceptors (Lipinski definition) is 21. The third-order valence-corrected chi connectivity index (χ3v) is 14.9. The van der Waals surface area contributed by atoms with Crippen molar-refractivity contribution in [2.45, 2.75) is 24.5 Å². The number of anilines is 2. The minimum absolute atomic E-state index is 0. The van der Waals surface area contributed by atoms with Crippen LogP contribution in [0.2, 0.25) is 0 Å². The number of nitrogens with two attached hydrogens (primary N) is 1. The smallest absolute Gasteiger partial charge is 0.398 e. The first-order valence-electron chi connectivity index (χ1n) is 18.7. The molecule has 8 aromatic rings. The zero-order valence-corrected chi connectivity index (χ0v) is 38.3. The zero-order valence-electron chi connectivity index (χ0n) is 33.3. The van der Waals surface area contributed by atoms with E-state index in [2.05, 4.69) is 19.8 Å². The number of nitrogens with zero attached hydrogens (tertiary/aromatic N) is 6. The van der Waals surface area contributed by atoms with E-state index in [1.54, 1.807) is 42.5 Å². The largest absolute Gasteiger partial charge is 2.00 e. The maximum atomic E-state index is 14.4. The molecule has 0 fully saturated rings. The Morgan fingerprint density at radius 1 is 0.544 bits per heavy atom. The maximum absolute atomic E-state index is 14.4. The third-order valence-electron chi connectivity index (χ3n) is 10.4. The molecule has 7 N–H and O–H groups in total. The molecule has 1 radical (unpaired) electrons. The van der Waals surface area contributed by atoms with Gasteiger partial charge in [-0.15, -0.1) is 54.5 Å². The molecule has 0 saturated carbocycles. The molecule has 10 rings (SSSR count).